The van der Waals surface area contributed by atoms with Crippen LogP contribution in [0, 0.1) is 0 Å². The van der Waals surface area contributed by atoms with Crippen molar-refractivity contribution < 1.29 is 19.1 Å². The maximum atomic E-state index is 13.1. The lowest BCUT2D eigenvalue weighted by molar-refractivity contribution is -0.119. The molecule has 3 aliphatic heterocycles. The van der Waals surface area contributed by atoms with Gasteiger partial charge in [-0.1, -0.05) is 0 Å². The number of imidazole rings is 1. The van der Waals surface area contributed by atoms with Crippen LogP contribution in [-0.2, 0) is 22.5 Å². The molecule has 152 valence electrons. The van der Waals surface area contributed by atoms with E-state index >= 15 is 0 Å². The molecule has 4 heterocycles. The lowest BCUT2D eigenvalue weighted by Gasteiger charge is -2.32. The number of amides is 3. The SMILES string of the molecule is O=CN1CCN(C(=O)c2nc(C(=O)NCC3CCCO3)n3c2CCCC3)CC1. The quantitative estimate of drug-likeness (QED) is 0.718. The monoisotopic (exact) mass is 389 g/mol. The first-order valence-electron chi connectivity index (χ1n) is 10.1. The summed E-state index contributed by atoms with van der Waals surface area (Å²) in [5.41, 5.74) is 1.25. The van der Waals surface area contributed by atoms with Crippen LogP contribution in [0.5, 0.6) is 0 Å². The second-order valence-electron chi connectivity index (χ2n) is 7.62. The summed E-state index contributed by atoms with van der Waals surface area (Å²) in [5.74, 6) is -0.0691. The number of hydrogen-bond donors (Lipinski definition) is 1. The number of nitrogens with one attached hydrogen (secondary N) is 1. The Morgan fingerprint density at radius 1 is 1.14 bits per heavy atom. The van der Waals surface area contributed by atoms with E-state index in [0.29, 0.717) is 50.8 Å². The molecule has 0 radical (unpaired) electrons. The Kier molecular flexibility index (Phi) is 5.61. The topological polar surface area (TPSA) is 96.8 Å². The van der Waals surface area contributed by atoms with Crippen molar-refractivity contribution in [3.05, 3.63) is 17.2 Å². The molecule has 9 nitrogen and oxygen atoms in total. The first kappa shape index (κ1) is 18.9. The number of fused-ring (bicyclic) bond motifs is 1. The van der Waals surface area contributed by atoms with Gasteiger partial charge in [-0.25, -0.2) is 4.98 Å². The van der Waals surface area contributed by atoms with Crippen LogP contribution in [0.4, 0.5) is 0 Å². The number of aromatic nitrogens is 2. The number of ether oxygens (including phenoxy) is 1. The summed E-state index contributed by atoms with van der Waals surface area (Å²) in [5, 5.41) is 2.92. The summed E-state index contributed by atoms with van der Waals surface area (Å²) in [6.07, 6.45) is 5.57. The van der Waals surface area contributed by atoms with E-state index in [1.165, 1.54) is 0 Å². The molecular weight excluding hydrogens is 362 g/mol. The first-order valence-corrected chi connectivity index (χ1v) is 10.1. The van der Waals surface area contributed by atoms with Gasteiger partial charge in [0.15, 0.2) is 5.82 Å². The molecule has 1 aromatic heterocycles. The lowest BCUT2D eigenvalue weighted by Crippen LogP contribution is -2.48. The van der Waals surface area contributed by atoms with E-state index in [2.05, 4.69) is 10.3 Å². The van der Waals surface area contributed by atoms with Gasteiger partial charge in [-0.15, -0.1) is 0 Å². The molecule has 3 amide bonds. The average Bonchev–Trinajstić information content (AvgIpc) is 3.39. The van der Waals surface area contributed by atoms with Gasteiger partial charge in [0.2, 0.25) is 6.41 Å². The summed E-state index contributed by atoms with van der Waals surface area (Å²) < 4.78 is 7.47. The van der Waals surface area contributed by atoms with E-state index in [1.807, 2.05) is 4.57 Å². The number of carbonyl (C=O) groups excluding carboxylic acids is 3. The second-order valence-corrected chi connectivity index (χ2v) is 7.62. The molecule has 3 aliphatic rings. The van der Waals surface area contributed by atoms with Gasteiger partial charge in [0, 0.05) is 45.9 Å². The van der Waals surface area contributed by atoms with Gasteiger partial charge in [-0.05, 0) is 32.1 Å². The number of nitrogens with zero attached hydrogens (tertiary/aromatic N) is 4. The third-order valence-electron chi connectivity index (χ3n) is 5.79. The van der Waals surface area contributed by atoms with Crippen molar-refractivity contribution in [2.24, 2.45) is 0 Å². The zero-order valence-electron chi connectivity index (χ0n) is 16.1. The third-order valence-corrected chi connectivity index (χ3v) is 5.79. The van der Waals surface area contributed by atoms with Crippen molar-refractivity contribution in [1.82, 2.24) is 24.7 Å². The van der Waals surface area contributed by atoms with E-state index in [4.69, 9.17) is 4.74 Å². The van der Waals surface area contributed by atoms with Crippen LogP contribution in [0.25, 0.3) is 0 Å². The highest BCUT2D eigenvalue weighted by Gasteiger charge is 2.31. The summed E-state index contributed by atoms with van der Waals surface area (Å²) in [6, 6.07) is 0. The van der Waals surface area contributed by atoms with Crippen LogP contribution in [0.15, 0.2) is 0 Å². The van der Waals surface area contributed by atoms with Crippen LogP contribution in [0.3, 0.4) is 0 Å². The molecule has 0 saturated carbocycles. The van der Waals surface area contributed by atoms with Gasteiger partial charge < -0.3 is 24.4 Å². The third kappa shape index (κ3) is 3.76. The Labute approximate surface area is 164 Å². The largest absolute Gasteiger partial charge is 0.376 e. The lowest BCUT2D eigenvalue weighted by atomic mass is 10.1. The summed E-state index contributed by atoms with van der Waals surface area (Å²) in [4.78, 5) is 44.6. The fraction of sp³-hybridized carbons (Fsp3) is 0.684. The minimum absolute atomic E-state index is 0.0648. The molecule has 1 N–H and O–H groups in total. The van der Waals surface area contributed by atoms with E-state index < -0.39 is 0 Å². The molecular formula is C19H27N5O4. The van der Waals surface area contributed by atoms with Gasteiger partial charge in [0.05, 0.1) is 11.8 Å². The summed E-state index contributed by atoms with van der Waals surface area (Å²) in [6.45, 7) is 3.96. The van der Waals surface area contributed by atoms with Crippen LogP contribution in [0.1, 0.15) is 52.5 Å². The fourth-order valence-corrected chi connectivity index (χ4v) is 4.16. The maximum Gasteiger partial charge on any atom is 0.287 e. The van der Waals surface area contributed by atoms with Gasteiger partial charge in [-0.3, -0.25) is 14.4 Å². The Hall–Kier alpha value is -2.42. The second kappa shape index (κ2) is 8.30. The Morgan fingerprint density at radius 2 is 1.96 bits per heavy atom. The minimum Gasteiger partial charge on any atom is -0.376 e. The molecule has 0 bridgehead atoms. The molecule has 1 unspecified atom stereocenters. The van der Waals surface area contributed by atoms with Gasteiger partial charge >= 0.3 is 0 Å². The molecule has 0 aliphatic carbocycles. The summed E-state index contributed by atoms with van der Waals surface area (Å²) >= 11 is 0. The van der Waals surface area contributed by atoms with Crippen molar-refractivity contribution >= 4 is 18.2 Å². The smallest absolute Gasteiger partial charge is 0.287 e. The van der Waals surface area contributed by atoms with Gasteiger partial charge in [0.1, 0.15) is 5.69 Å². The highest BCUT2D eigenvalue weighted by molar-refractivity contribution is 5.97. The van der Waals surface area contributed by atoms with Crippen molar-refractivity contribution in [2.75, 3.05) is 39.3 Å². The van der Waals surface area contributed by atoms with Crippen molar-refractivity contribution in [3.8, 4) is 0 Å². The molecule has 0 aromatic carbocycles. The molecule has 4 rings (SSSR count). The van der Waals surface area contributed by atoms with E-state index in [1.54, 1.807) is 9.80 Å². The van der Waals surface area contributed by atoms with Crippen LogP contribution < -0.4 is 5.32 Å². The molecule has 2 saturated heterocycles. The van der Waals surface area contributed by atoms with E-state index in [0.717, 1.165) is 50.8 Å². The standard InChI is InChI=1S/C19H27N5O4/c25-13-22-7-9-23(10-8-22)19(27)16-15-5-1-2-6-24(15)17(21-16)18(26)20-12-14-4-3-11-28-14/h13-14H,1-12H2,(H,20,26). The van der Waals surface area contributed by atoms with Crippen LogP contribution >= 0.6 is 0 Å². The van der Waals surface area contributed by atoms with Crippen molar-refractivity contribution in [3.63, 3.8) is 0 Å². The maximum absolute atomic E-state index is 13.1. The van der Waals surface area contributed by atoms with E-state index in [9.17, 15) is 14.4 Å². The number of carbonyl (C=O) groups is 3. The Bertz CT molecular complexity index is 748. The predicted octanol–water partition coefficient (Wildman–Crippen LogP) is 0.0424. The molecule has 0 spiro atoms. The highest BCUT2D eigenvalue weighted by Crippen LogP contribution is 2.23. The van der Waals surface area contributed by atoms with Gasteiger partial charge in [0.25, 0.3) is 11.8 Å². The van der Waals surface area contributed by atoms with E-state index in [-0.39, 0.29) is 17.9 Å². The predicted molar refractivity (Wildman–Crippen MR) is 100 cm³/mol. The number of rotatable bonds is 5. The molecule has 1 atom stereocenters. The van der Waals surface area contributed by atoms with Crippen LogP contribution in [-0.4, -0.2) is 83.0 Å². The Balaban J connectivity index is 1.50. The first-order chi connectivity index (χ1) is 13.7. The number of piperazine rings is 1. The fourth-order valence-electron chi connectivity index (χ4n) is 4.16. The Morgan fingerprint density at radius 3 is 2.68 bits per heavy atom. The highest BCUT2D eigenvalue weighted by atomic mass is 16.5. The molecule has 28 heavy (non-hydrogen) atoms. The number of hydrogen-bond acceptors (Lipinski definition) is 5. The molecule has 1 aromatic rings. The van der Waals surface area contributed by atoms with Crippen molar-refractivity contribution in [1.29, 1.82) is 0 Å². The zero-order valence-corrected chi connectivity index (χ0v) is 16.1. The van der Waals surface area contributed by atoms with Crippen LogP contribution in [0.2, 0.25) is 0 Å². The van der Waals surface area contributed by atoms with Gasteiger partial charge in [-0.2, -0.15) is 0 Å². The van der Waals surface area contributed by atoms with Crippen molar-refractivity contribution in [2.45, 2.75) is 44.8 Å². The minimum atomic E-state index is -0.247. The normalized spacial score (nSPS) is 22.1. The molecule has 2 fully saturated rings. The zero-order chi connectivity index (χ0) is 19.5. The summed E-state index contributed by atoms with van der Waals surface area (Å²) in [7, 11) is 0. The molecule has 9 heteroatoms. The average molecular weight is 389 g/mol.